The molecule has 2 bridgehead atoms. The molecular weight excluding hydrogens is 263 g/mol. The number of rotatable bonds is 2. The number of benzene rings is 1. The van der Waals surface area contributed by atoms with E-state index in [0.717, 1.165) is 31.4 Å². The van der Waals surface area contributed by atoms with Crippen molar-refractivity contribution in [2.75, 3.05) is 4.90 Å². The van der Waals surface area contributed by atoms with E-state index in [1.807, 2.05) is 0 Å². The fourth-order valence-corrected chi connectivity index (χ4v) is 3.64. The molecule has 0 radical (unpaired) electrons. The minimum absolute atomic E-state index is 0.220. The van der Waals surface area contributed by atoms with E-state index in [0.29, 0.717) is 17.6 Å². The summed E-state index contributed by atoms with van der Waals surface area (Å²) >= 11 is 5.03. The lowest BCUT2D eigenvalue weighted by atomic mass is 9.97. The Morgan fingerprint density at radius 2 is 1.95 bits per heavy atom. The molecule has 3 nitrogen and oxygen atoms in total. The van der Waals surface area contributed by atoms with E-state index in [2.05, 4.69) is 4.90 Å². The Morgan fingerprint density at radius 3 is 2.53 bits per heavy atom. The molecule has 2 heterocycles. The Labute approximate surface area is 117 Å². The van der Waals surface area contributed by atoms with Gasteiger partial charge in [-0.3, -0.25) is 0 Å². The molecule has 5 heteroatoms. The second-order valence-corrected chi connectivity index (χ2v) is 5.88. The molecule has 0 aliphatic carbocycles. The maximum Gasteiger partial charge on any atom is 0.124 e. The number of thiocarbonyl (C=S) groups is 1. The number of halogens is 1. The molecule has 2 saturated heterocycles. The Balaban J connectivity index is 2.01. The van der Waals surface area contributed by atoms with Gasteiger partial charge in [0.05, 0.1) is 6.10 Å². The molecule has 3 N–H and O–H groups in total. The van der Waals surface area contributed by atoms with Crippen molar-refractivity contribution in [2.45, 2.75) is 43.9 Å². The van der Waals surface area contributed by atoms with Crippen molar-refractivity contribution in [3.05, 3.63) is 29.6 Å². The lowest BCUT2D eigenvalue weighted by Gasteiger charge is -2.39. The van der Waals surface area contributed by atoms with Gasteiger partial charge >= 0.3 is 0 Å². The highest BCUT2D eigenvalue weighted by Crippen LogP contribution is 2.40. The molecule has 0 saturated carbocycles. The highest BCUT2D eigenvalue weighted by molar-refractivity contribution is 7.80. The summed E-state index contributed by atoms with van der Waals surface area (Å²) in [5.41, 5.74) is 7.23. The van der Waals surface area contributed by atoms with E-state index in [4.69, 9.17) is 18.0 Å². The molecule has 102 valence electrons. The minimum atomic E-state index is -0.323. The summed E-state index contributed by atoms with van der Waals surface area (Å²) in [6.07, 6.45) is 3.45. The van der Waals surface area contributed by atoms with E-state index in [-0.39, 0.29) is 16.9 Å². The largest absolute Gasteiger partial charge is 0.393 e. The molecule has 2 aliphatic heterocycles. The molecule has 2 aliphatic rings. The maximum atomic E-state index is 13.4. The number of hydrogen-bond acceptors (Lipinski definition) is 3. The third-order valence-corrected chi connectivity index (χ3v) is 4.43. The van der Waals surface area contributed by atoms with Crippen LogP contribution in [-0.2, 0) is 0 Å². The summed E-state index contributed by atoms with van der Waals surface area (Å²) in [5.74, 6) is -0.323. The molecule has 1 aromatic rings. The van der Waals surface area contributed by atoms with Crippen molar-refractivity contribution < 1.29 is 9.50 Å². The van der Waals surface area contributed by atoms with Crippen molar-refractivity contribution in [1.29, 1.82) is 0 Å². The van der Waals surface area contributed by atoms with Crippen LogP contribution in [0.3, 0.4) is 0 Å². The Morgan fingerprint density at radius 1 is 1.32 bits per heavy atom. The summed E-state index contributed by atoms with van der Waals surface area (Å²) in [4.78, 5) is 2.50. The van der Waals surface area contributed by atoms with Gasteiger partial charge in [-0.1, -0.05) is 12.2 Å². The van der Waals surface area contributed by atoms with Crippen LogP contribution in [0.25, 0.3) is 0 Å². The van der Waals surface area contributed by atoms with Gasteiger partial charge in [0.15, 0.2) is 0 Å². The van der Waals surface area contributed by atoms with E-state index in [1.165, 1.54) is 12.1 Å². The molecule has 0 amide bonds. The van der Waals surface area contributed by atoms with Crippen molar-refractivity contribution in [1.82, 2.24) is 0 Å². The summed E-state index contributed by atoms with van der Waals surface area (Å²) in [5, 5.41) is 9.84. The highest BCUT2D eigenvalue weighted by Gasteiger charge is 2.41. The zero-order valence-electron chi connectivity index (χ0n) is 10.6. The van der Waals surface area contributed by atoms with Gasteiger partial charge in [0, 0.05) is 23.3 Å². The highest BCUT2D eigenvalue weighted by atomic mass is 32.1. The van der Waals surface area contributed by atoms with Crippen molar-refractivity contribution in [3.8, 4) is 0 Å². The van der Waals surface area contributed by atoms with Gasteiger partial charge in [-0.05, 0) is 43.9 Å². The number of anilines is 1. The van der Waals surface area contributed by atoms with Crippen LogP contribution in [0.1, 0.15) is 31.2 Å². The first-order valence-electron chi connectivity index (χ1n) is 6.62. The van der Waals surface area contributed by atoms with Crippen LogP contribution in [0.5, 0.6) is 0 Å². The average molecular weight is 280 g/mol. The fraction of sp³-hybridized carbons (Fsp3) is 0.500. The van der Waals surface area contributed by atoms with E-state index < -0.39 is 0 Å². The Kier molecular flexibility index (Phi) is 3.19. The number of nitrogens with zero attached hydrogens (tertiary/aromatic N) is 1. The predicted molar refractivity (Wildman–Crippen MR) is 76.8 cm³/mol. The Bertz CT molecular complexity index is 508. The lowest BCUT2D eigenvalue weighted by molar-refractivity contribution is 0.126. The van der Waals surface area contributed by atoms with Crippen LogP contribution in [0.4, 0.5) is 10.1 Å². The monoisotopic (exact) mass is 280 g/mol. The molecule has 2 unspecified atom stereocenters. The van der Waals surface area contributed by atoms with Gasteiger partial charge in [0.1, 0.15) is 10.8 Å². The summed E-state index contributed by atoms with van der Waals surface area (Å²) in [7, 11) is 0. The summed E-state index contributed by atoms with van der Waals surface area (Å²) < 4.78 is 13.4. The smallest absolute Gasteiger partial charge is 0.124 e. The quantitative estimate of drug-likeness (QED) is 0.813. The van der Waals surface area contributed by atoms with Crippen LogP contribution >= 0.6 is 12.2 Å². The zero-order valence-corrected chi connectivity index (χ0v) is 11.4. The van der Waals surface area contributed by atoms with Crippen molar-refractivity contribution >= 4 is 22.9 Å². The van der Waals surface area contributed by atoms with Crippen molar-refractivity contribution in [2.24, 2.45) is 5.73 Å². The van der Waals surface area contributed by atoms with Gasteiger partial charge in [-0.25, -0.2) is 4.39 Å². The van der Waals surface area contributed by atoms with Gasteiger partial charge in [0.2, 0.25) is 0 Å². The summed E-state index contributed by atoms with van der Waals surface area (Å²) in [6.45, 7) is 0. The molecule has 19 heavy (non-hydrogen) atoms. The average Bonchev–Trinajstić information content (AvgIpc) is 2.62. The van der Waals surface area contributed by atoms with E-state index in [9.17, 15) is 9.50 Å². The molecule has 2 atom stereocenters. The predicted octanol–water partition coefficient (Wildman–Crippen LogP) is 1.95. The molecule has 0 spiro atoms. The van der Waals surface area contributed by atoms with Crippen LogP contribution in [0, 0.1) is 5.82 Å². The maximum absolute atomic E-state index is 13.4. The molecular formula is C14H17FN2OS. The second kappa shape index (κ2) is 4.72. The van der Waals surface area contributed by atoms with Gasteiger partial charge in [-0.2, -0.15) is 0 Å². The van der Waals surface area contributed by atoms with Gasteiger partial charge in [-0.15, -0.1) is 0 Å². The summed E-state index contributed by atoms with van der Waals surface area (Å²) in [6, 6.07) is 5.23. The topological polar surface area (TPSA) is 49.5 Å². The SMILES string of the molecule is NC(=S)c1cc(F)ccc1N1C2CCC1CC(O)C2. The number of piperidine rings is 1. The standard InChI is InChI=1S/C14H17FN2OS/c15-8-1-4-13(12(5-8)14(16)19)17-9-2-3-10(17)7-11(18)6-9/h1,4-5,9-11,18H,2-3,6-7H2,(H2,16,19). The number of nitrogens with two attached hydrogens (primary N) is 1. The van der Waals surface area contributed by atoms with Gasteiger partial charge < -0.3 is 15.7 Å². The second-order valence-electron chi connectivity index (χ2n) is 5.44. The first-order valence-corrected chi connectivity index (χ1v) is 7.03. The molecule has 2 fully saturated rings. The normalized spacial score (nSPS) is 29.6. The van der Waals surface area contributed by atoms with Gasteiger partial charge in [0.25, 0.3) is 0 Å². The van der Waals surface area contributed by atoms with Crippen LogP contribution in [-0.4, -0.2) is 28.3 Å². The number of aliphatic hydroxyl groups is 1. The fourth-order valence-electron chi connectivity index (χ4n) is 3.47. The Hall–Kier alpha value is -1.20. The van der Waals surface area contributed by atoms with Crippen LogP contribution in [0.2, 0.25) is 0 Å². The third kappa shape index (κ3) is 2.21. The van der Waals surface area contributed by atoms with E-state index in [1.54, 1.807) is 6.07 Å². The first-order chi connectivity index (χ1) is 9.06. The first kappa shape index (κ1) is 12.8. The third-order valence-electron chi connectivity index (χ3n) is 4.21. The van der Waals surface area contributed by atoms with Crippen LogP contribution < -0.4 is 10.6 Å². The number of hydrogen-bond donors (Lipinski definition) is 2. The molecule has 1 aromatic carbocycles. The number of fused-ring (bicyclic) bond motifs is 2. The zero-order chi connectivity index (χ0) is 13.6. The lowest BCUT2D eigenvalue weighted by Crippen LogP contribution is -2.45. The number of aliphatic hydroxyl groups excluding tert-OH is 1. The molecule has 3 rings (SSSR count). The van der Waals surface area contributed by atoms with E-state index >= 15 is 0 Å². The van der Waals surface area contributed by atoms with Crippen LogP contribution in [0.15, 0.2) is 18.2 Å². The minimum Gasteiger partial charge on any atom is -0.393 e. The van der Waals surface area contributed by atoms with Crippen molar-refractivity contribution in [3.63, 3.8) is 0 Å². The molecule has 0 aromatic heterocycles.